The SMILES string of the molecule is CCCN(CCOc1ccc(C[C@H](Nc2ccccc2C(=O)c2ccccc2)C(=O)O)cc1)C(=O)C(C)(C)C. The van der Waals surface area contributed by atoms with E-state index >= 15 is 0 Å². The maximum absolute atomic E-state index is 13.0. The molecule has 3 aromatic carbocycles. The van der Waals surface area contributed by atoms with Crippen molar-refractivity contribution in [1.29, 1.82) is 0 Å². The first-order valence-corrected chi connectivity index (χ1v) is 13.3. The molecule has 0 spiro atoms. The Kier molecular flexibility index (Phi) is 10.3. The molecule has 0 aliphatic rings. The average Bonchev–Trinajstić information content (AvgIpc) is 2.92. The van der Waals surface area contributed by atoms with Crippen molar-refractivity contribution in [3.63, 3.8) is 0 Å². The lowest BCUT2D eigenvalue weighted by atomic mass is 9.94. The van der Waals surface area contributed by atoms with Crippen LogP contribution in [0.1, 0.15) is 55.6 Å². The monoisotopic (exact) mass is 530 g/mol. The number of carbonyl (C=O) groups excluding carboxylic acids is 2. The van der Waals surface area contributed by atoms with E-state index in [0.717, 1.165) is 12.0 Å². The van der Waals surface area contributed by atoms with Gasteiger partial charge < -0.3 is 20.1 Å². The fourth-order valence-corrected chi connectivity index (χ4v) is 4.23. The third-order valence-corrected chi connectivity index (χ3v) is 6.25. The van der Waals surface area contributed by atoms with Gasteiger partial charge in [0, 0.05) is 35.2 Å². The van der Waals surface area contributed by atoms with Gasteiger partial charge in [0.2, 0.25) is 5.91 Å². The van der Waals surface area contributed by atoms with E-state index in [1.807, 2.05) is 50.8 Å². The lowest BCUT2D eigenvalue weighted by Crippen LogP contribution is -2.42. The van der Waals surface area contributed by atoms with Gasteiger partial charge in [-0.1, -0.05) is 82.3 Å². The number of hydrogen-bond donors (Lipinski definition) is 2. The van der Waals surface area contributed by atoms with Gasteiger partial charge in [0.1, 0.15) is 18.4 Å². The molecule has 7 nitrogen and oxygen atoms in total. The third-order valence-electron chi connectivity index (χ3n) is 6.25. The number of ketones is 1. The average molecular weight is 531 g/mol. The zero-order chi connectivity index (χ0) is 28.4. The first-order valence-electron chi connectivity index (χ1n) is 13.3. The van der Waals surface area contributed by atoms with Gasteiger partial charge in [-0.25, -0.2) is 4.79 Å². The summed E-state index contributed by atoms with van der Waals surface area (Å²) >= 11 is 0. The van der Waals surface area contributed by atoms with E-state index in [0.29, 0.717) is 42.3 Å². The summed E-state index contributed by atoms with van der Waals surface area (Å²) in [6.45, 7) is 9.33. The number of nitrogens with one attached hydrogen (secondary N) is 1. The molecular formula is C32H38N2O5. The summed E-state index contributed by atoms with van der Waals surface area (Å²) < 4.78 is 5.87. The number of anilines is 1. The normalized spacial score (nSPS) is 11.9. The first-order chi connectivity index (χ1) is 18.6. The molecule has 3 rings (SSSR count). The van der Waals surface area contributed by atoms with Gasteiger partial charge in [-0.05, 0) is 36.2 Å². The Hall–Kier alpha value is -4.13. The highest BCUT2D eigenvalue weighted by Gasteiger charge is 2.26. The second kappa shape index (κ2) is 13.6. The van der Waals surface area contributed by atoms with Crippen molar-refractivity contribution in [2.45, 2.75) is 46.6 Å². The summed E-state index contributed by atoms with van der Waals surface area (Å²) in [4.78, 5) is 39.6. The molecular weight excluding hydrogens is 492 g/mol. The molecule has 0 aliphatic heterocycles. The van der Waals surface area contributed by atoms with E-state index in [9.17, 15) is 19.5 Å². The topological polar surface area (TPSA) is 95.9 Å². The predicted molar refractivity (Wildman–Crippen MR) is 153 cm³/mol. The molecule has 0 fully saturated rings. The molecule has 2 N–H and O–H groups in total. The summed E-state index contributed by atoms with van der Waals surface area (Å²) in [5, 5.41) is 13.0. The maximum atomic E-state index is 13.0. The lowest BCUT2D eigenvalue weighted by molar-refractivity contribution is -0.140. The van der Waals surface area contributed by atoms with E-state index < -0.39 is 17.4 Å². The van der Waals surface area contributed by atoms with Crippen molar-refractivity contribution in [3.8, 4) is 5.75 Å². The Morgan fingerprint density at radius 2 is 1.54 bits per heavy atom. The molecule has 206 valence electrons. The van der Waals surface area contributed by atoms with Crippen LogP contribution >= 0.6 is 0 Å². The molecule has 39 heavy (non-hydrogen) atoms. The van der Waals surface area contributed by atoms with Gasteiger partial charge in [0.15, 0.2) is 5.78 Å². The molecule has 0 radical (unpaired) electrons. The van der Waals surface area contributed by atoms with Gasteiger partial charge in [0.25, 0.3) is 0 Å². The highest BCUT2D eigenvalue weighted by atomic mass is 16.5. The highest BCUT2D eigenvalue weighted by molar-refractivity contribution is 6.12. The maximum Gasteiger partial charge on any atom is 0.326 e. The molecule has 0 aliphatic carbocycles. The van der Waals surface area contributed by atoms with Gasteiger partial charge >= 0.3 is 5.97 Å². The minimum absolute atomic E-state index is 0.0996. The van der Waals surface area contributed by atoms with E-state index in [1.54, 1.807) is 60.7 Å². The highest BCUT2D eigenvalue weighted by Crippen LogP contribution is 2.22. The van der Waals surface area contributed by atoms with Crippen LogP contribution in [0.2, 0.25) is 0 Å². The van der Waals surface area contributed by atoms with Crippen molar-refractivity contribution < 1.29 is 24.2 Å². The van der Waals surface area contributed by atoms with Gasteiger partial charge in [0.05, 0.1) is 6.54 Å². The number of aliphatic carboxylic acids is 1. The van der Waals surface area contributed by atoms with E-state index in [-0.39, 0.29) is 18.1 Å². The Bertz CT molecular complexity index is 1250. The summed E-state index contributed by atoms with van der Waals surface area (Å²) in [6.07, 6.45) is 1.09. The molecule has 7 heteroatoms. The number of amides is 1. The molecule has 0 unspecified atom stereocenters. The number of benzene rings is 3. The Morgan fingerprint density at radius 3 is 2.15 bits per heavy atom. The smallest absolute Gasteiger partial charge is 0.326 e. The van der Waals surface area contributed by atoms with Crippen LogP contribution in [-0.2, 0) is 16.0 Å². The van der Waals surface area contributed by atoms with Crippen LogP contribution in [0.4, 0.5) is 5.69 Å². The summed E-state index contributed by atoms with van der Waals surface area (Å²) in [7, 11) is 0. The Balaban J connectivity index is 1.63. The number of para-hydroxylation sites is 1. The van der Waals surface area contributed by atoms with Gasteiger partial charge in [-0.2, -0.15) is 0 Å². The minimum atomic E-state index is -1.02. The van der Waals surface area contributed by atoms with E-state index in [1.165, 1.54) is 0 Å². The standard InChI is InChI=1S/C32H38N2O5/c1-5-19-34(31(38)32(2,3)4)20-21-39-25-17-15-23(16-18-25)22-28(30(36)37)33-27-14-10-9-13-26(27)29(35)24-11-7-6-8-12-24/h6-18,28,33H,5,19-22H2,1-4H3,(H,36,37)/t28-/m0/s1. The number of carboxylic acids is 1. The fourth-order valence-electron chi connectivity index (χ4n) is 4.23. The van der Waals surface area contributed by atoms with Crippen LogP contribution in [0.15, 0.2) is 78.9 Å². The van der Waals surface area contributed by atoms with E-state index in [4.69, 9.17) is 4.74 Å². The third kappa shape index (κ3) is 8.43. The van der Waals surface area contributed by atoms with Gasteiger partial charge in [-0.3, -0.25) is 9.59 Å². The molecule has 3 aromatic rings. The quantitative estimate of drug-likeness (QED) is 0.276. The summed E-state index contributed by atoms with van der Waals surface area (Å²) in [5.41, 5.74) is 1.79. The second-order valence-corrected chi connectivity index (χ2v) is 10.5. The molecule has 0 saturated carbocycles. The number of rotatable bonds is 13. The second-order valence-electron chi connectivity index (χ2n) is 10.5. The Labute approximate surface area is 230 Å². The van der Waals surface area contributed by atoms with Crippen LogP contribution in [0, 0.1) is 5.41 Å². The zero-order valence-corrected chi connectivity index (χ0v) is 23.1. The lowest BCUT2D eigenvalue weighted by Gasteiger charge is -2.29. The number of hydrogen-bond acceptors (Lipinski definition) is 5. The molecule has 1 amide bonds. The number of ether oxygens (including phenoxy) is 1. The summed E-state index contributed by atoms with van der Waals surface area (Å²) in [6, 6.07) is 22.2. The molecule has 0 bridgehead atoms. The van der Waals surface area contributed by atoms with Crippen molar-refractivity contribution in [2.75, 3.05) is 25.0 Å². The number of carboxylic acid groups (broad SMARTS) is 1. The van der Waals surface area contributed by atoms with Crippen LogP contribution in [0.3, 0.4) is 0 Å². The van der Waals surface area contributed by atoms with Crippen LogP contribution < -0.4 is 10.1 Å². The van der Waals surface area contributed by atoms with Crippen molar-refractivity contribution in [3.05, 3.63) is 95.6 Å². The number of nitrogens with zero attached hydrogens (tertiary/aromatic N) is 1. The molecule has 0 saturated heterocycles. The van der Waals surface area contributed by atoms with Crippen molar-refractivity contribution in [2.24, 2.45) is 5.41 Å². The van der Waals surface area contributed by atoms with Crippen LogP contribution in [0.5, 0.6) is 5.75 Å². The zero-order valence-electron chi connectivity index (χ0n) is 23.1. The van der Waals surface area contributed by atoms with Crippen LogP contribution in [0.25, 0.3) is 0 Å². The Morgan fingerprint density at radius 1 is 0.897 bits per heavy atom. The molecule has 0 heterocycles. The fraction of sp³-hybridized carbons (Fsp3) is 0.344. The van der Waals surface area contributed by atoms with E-state index in [2.05, 4.69) is 5.32 Å². The summed E-state index contributed by atoms with van der Waals surface area (Å²) in [5.74, 6) is -0.442. The van der Waals surface area contributed by atoms with Crippen LogP contribution in [-0.4, -0.2) is 53.4 Å². The largest absolute Gasteiger partial charge is 0.492 e. The predicted octanol–water partition coefficient (Wildman–Crippen LogP) is 5.69. The van der Waals surface area contributed by atoms with Crippen molar-refractivity contribution >= 4 is 23.3 Å². The molecule has 0 aromatic heterocycles. The minimum Gasteiger partial charge on any atom is -0.492 e. The molecule has 1 atom stereocenters. The number of carbonyl (C=O) groups is 3. The first kappa shape index (κ1) is 29.4. The van der Waals surface area contributed by atoms with Gasteiger partial charge in [-0.15, -0.1) is 0 Å². The van der Waals surface area contributed by atoms with Crippen molar-refractivity contribution in [1.82, 2.24) is 4.90 Å².